The van der Waals surface area contributed by atoms with Crippen molar-refractivity contribution in [3.8, 4) is 0 Å². The van der Waals surface area contributed by atoms with Gasteiger partial charge >= 0.3 is 0 Å². The molecule has 1 aromatic carbocycles. The van der Waals surface area contributed by atoms with Crippen LogP contribution in [-0.4, -0.2) is 56.5 Å². The molecule has 2 atom stereocenters. The fourth-order valence-electron chi connectivity index (χ4n) is 2.97. The van der Waals surface area contributed by atoms with Gasteiger partial charge in [-0.15, -0.1) is 0 Å². The largest absolute Gasteiger partial charge is 0.483 e. The molecule has 158 valence electrons. The predicted molar refractivity (Wildman–Crippen MR) is 109 cm³/mol. The van der Waals surface area contributed by atoms with Gasteiger partial charge in [0, 0.05) is 18.3 Å². The molecule has 0 bridgehead atoms. The number of hydrogen-bond acceptors (Lipinski definition) is 5. The van der Waals surface area contributed by atoms with Crippen molar-refractivity contribution >= 4 is 28.1 Å². The maximum absolute atomic E-state index is 12.2. The van der Waals surface area contributed by atoms with Gasteiger partial charge in [-0.25, -0.2) is 13.1 Å². The first-order valence-corrected chi connectivity index (χ1v) is 10.9. The lowest BCUT2D eigenvalue weighted by atomic mass is 10.0. The van der Waals surface area contributed by atoms with Gasteiger partial charge in [-0.2, -0.15) is 0 Å². The Morgan fingerprint density at radius 1 is 1.36 bits per heavy atom. The third-order valence-corrected chi connectivity index (χ3v) is 6.13. The van der Waals surface area contributed by atoms with Crippen LogP contribution >= 0.6 is 0 Å². The summed E-state index contributed by atoms with van der Waals surface area (Å²) in [6.45, 7) is 7.99. The number of anilines is 1. The van der Waals surface area contributed by atoms with Crippen molar-refractivity contribution in [3.05, 3.63) is 24.3 Å². The predicted octanol–water partition coefficient (Wildman–Crippen LogP) is 2.13. The Hall–Kier alpha value is -1.97. The smallest absolute Gasteiger partial charge is 0.290 e. The van der Waals surface area contributed by atoms with Crippen LogP contribution < -0.4 is 10.0 Å². The van der Waals surface area contributed by atoms with E-state index in [4.69, 9.17) is 9.90 Å². The van der Waals surface area contributed by atoms with E-state index in [2.05, 4.69) is 21.9 Å². The van der Waals surface area contributed by atoms with E-state index in [9.17, 15) is 13.2 Å². The molecule has 1 fully saturated rings. The molecule has 0 radical (unpaired) electrons. The van der Waals surface area contributed by atoms with E-state index in [1.807, 2.05) is 13.8 Å². The van der Waals surface area contributed by atoms with Crippen molar-refractivity contribution in [2.24, 2.45) is 5.92 Å². The summed E-state index contributed by atoms with van der Waals surface area (Å²) >= 11 is 0. The van der Waals surface area contributed by atoms with Gasteiger partial charge in [0.1, 0.15) is 0 Å². The van der Waals surface area contributed by atoms with Crippen LogP contribution in [0.25, 0.3) is 0 Å². The molecule has 0 spiro atoms. The molecule has 1 aliphatic heterocycles. The highest BCUT2D eigenvalue weighted by Gasteiger charge is 2.19. The lowest BCUT2D eigenvalue weighted by Crippen LogP contribution is -2.39. The number of sulfonamides is 1. The minimum Gasteiger partial charge on any atom is -0.483 e. The first-order chi connectivity index (χ1) is 13.2. The number of nitrogens with zero attached hydrogens (tertiary/aromatic N) is 1. The van der Waals surface area contributed by atoms with Gasteiger partial charge in [0.2, 0.25) is 15.9 Å². The minimum atomic E-state index is -3.52. The van der Waals surface area contributed by atoms with E-state index in [0.717, 1.165) is 25.9 Å². The summed E-state index contributed by atoms with van der Waals surface area (Å²) < 4.78 is 27.1. The molecule has 9 heteroatoms. The average molecular weight is 414 g/mol. The molecular weight excluding hydrogens is 382 g/mol. The summed E-state index contributed by atoms with van der Waals surface area (Å²) in [5.74, 6) is 0.562. The van der Waals surface area contributed by atoms with E-state index < -0.39 is 10.0 Å². The number of carbonyl (C=O) groups excluding carboxylic acids is 1. The van der Waals surface area contributed by atoms with Gasteiger partial charge in [-0.1, -0.05) is 13.8 Å². The topological polar surface area (TPSA) is 116 Å². The van der Waals surface area contributed by atoms with Crippen molar-refractivity contribution in [2.45, 2.75) is 51.0 Å². The van der Waals surface area contributed by atoms with E-state index in [1.54, 1.807) is 12.1 Å². The molecule has 28 heavy (non-hydrogen) atoms. The molecule has 1 amide bonds. The van der Waals surface area contributed by atoms with Gasteiger partial charge in [0.25, 0.3) is 6.47 Å². The molecule has 1 aliphatic rings. The van der Waals surface area contributed by atoms with E-state index >= 15 is 0 Å². The number of hydrogen-bond donors (Lipinski definition) is 3. The van der Waals surface area contributed by atoms with E-state index in [1.165, 1.54) is 18.6 Å². The second-order valence-corrected chi connectivity index (χ2v) is 8.81. The summed E-state index contributed by atoms with van der Waals surface area (Å²) in [5, 5.41) is 9.73. The lowest BCUT2D eigenvalue weighted by Gasteiger charge is -2.30. The Kier molecular flexibility index (Phi) is 10.1. The molecule has 0 aromatic heterocycles. The molecule has 0 saturated carbocycles. The van der Waals surface area contributed by atoms with Gasteiger partial charge in [0.15, 0.2) is 0 Å². The van der Waals surface area contributed by atoms with E-state index in [0.29, 0.717) is 18.2 Å². The number of nitrogens with one attached hydrogen (secondary N) is 2. The Morgan fingerprint density at radius 3 is 2.50 bits per heavy atom. The number of benzene rings is 1. The van der Waals surface area contributed by atoms with Gasteiger partial charge < -0.3 is 10.4 Å². The Balaban J connectivity index is 0.00000122. The second kappa shape index (κ2) is 11.8. The number of carbonyl (C=O) groups is 2. The second-order valence-electron chi connectivity index (χ2n) is 7.09. The number of carboxylic acid groups (broad SMARTS) is 1. The Labute approximate surface area is 167 Å². The first-order valence-electron chi connectivity index (χ1n) is 9.44. The fourth-order valence-corrected chi connectivity index (χ4v) is 4.29. The maximum Gasteiger partial charge on any atom is 0.290 e. The molecule has 1 heterocycles. The molecule has 2 rings (SSSR count). The normalized spacial score (nSPS) is 18.5. The zero-order chi connectivity index (χ0) is 21.2. The summed E-state index contributed by atoms with van der Waals surface area (Å²) in [5.41, 5.74) is 0.609. The minimum absolute atomic E-state index is 0.0672. The summed E-state index contributed by atoms with van der Waals surface area (Å²) in [6.07, 6.45) is 3.07. The molecular formula is C19H31N3O5S. The number of rotatable bonds is 7. The maximum atomic E-state index is 12.2. The quantitative estimate of drug-likeness (QED) is 0.590. The van der Waals surface area contributed by atoms with Crippen LogP contribution in [0.4, 0.5) is 5.69 Å². The zero-order valence-electron chi connectivity index (χ0n) is 16.7. The standard InChI is InChI=1S/C18H29N3O3S.CH2O2/c1-4-15(3)20-25(23,24)17-9-7-16(8-10-17)19-18(22)13-21-11-5-6-14(2)12-21;2-1-3/h7-10,14-15,20H,4-6,11-13H2,1-3H3,(H,19,22);1H,(H,2,3). The van der Waals surface area contributed by atoms with Gasteiger partial charge in [-0.05, 0) is 62.9 Å². The molecule has 8 nitrogen and oxygen atoms in total. The monoisotopic (exact) mass is 413 g/mol. The highest BCUT2D eigenvalue weighted by atomic mass is 32.2. The average Bonchev–Trinajstić information content (AvgIpc) is 2.62. The van der Waals surface area contributed by atoms with Crippen LogP contribution in [0.5, 0.6) is 0 Å². The molecule has 1 aromatic rings. The molecule has 2 unspecified atom stereocenters. The highest BCUT2D eigenvalue weighted by Crippen LogP contribution is 2.17. The molecule has 0 aliphatic carbocycles. The van der Waals surface area contributed by atoms with Crippen LogP contribution in [0.1, 0.15) is 40.0 Å². The highest BCUT2D eigenvalue weighted by molar-refractivity contribution is 7.89. The van der Waals surface area contributed by atoms with Crippen LogP contribution in [0.3, 0.4) is 0 Å². The molecule has 1 saturated heterocycles. The fraction of sp³-hybridized carbons (Fsp3) is 0.579. The van der Waals surface area contributed by atoms with Crippen LogP contribution in [-0.2, 0) is 19.6 Å². The number of piperidine rings is 1. The summed E-state index contributed by atoms with van der Waals surface area (Å²) in [4.78, 5) is 22.9. The number of likely N-dealkylation sites (tertiary alicyclic amines) is 1. The van der Waals surface area contributed by atoms with Crippen molar-refractivity contribution < 1.29 is 23.1 Å². The third-order valence-electron chi connectivity index (χ3n) is 4.53. The SMILES string of the molecule is CCC(C)NS(=O)(=O)c1ccc(NC(=O)CN2CCCC(C)C2)cc1.O=CO. The first kappa shape index (κ1) is 24.1. The zero-order valence-corrected chi connectivity index (χ0v) is 17.5. The van der Waals surface area contributed by atoms with Crippen molar-refractivity contribution in [2.75, 3.05) is 25.0 Å². The number of amides is 1. The van der Waals surface area contributed by atoms with Crippen molar-refractivity contribution in [1.29, 1.82) is 0 Å². The van der Waals surface area contributed by atoms with Gasteiger partial charge in [0.05, 0.1) is 11.4 Å². The van der Waals surface area contributed by atoms with Gasteiger partial charge in [-0.3, -0.25) is 14.5 Å². The van der Waals surface area contributed by atoms with Crippen molar-refractivity contribution in [1.82, 2.24) is 9.62 Å². The van der Waals surface area contributed by atoms with Crippen LogP contribution in [0.2, 0.25) is 0 Å². The third kappa shape index (κ3) is 8.37. The van der Waals surface area contributed by atoms with Crippen LogP contribution in [0.15, 0.2) is 29.2 Å². The summed E-state index contributed by atoms with van der Waals surface area (Å²) in [7, 11) is -3.52. The lowest BCUT2D eigenvalue weighted by molar-refractivity contribution is -0.123. The van der Waals surface area contributed by atoms with Crippen LogP contribution in [0, 0.1) is 5.92 Å². The Morgan fingerprint density at radius 2 is 1.96 bits per heavy atom. The van der Waals surface area contributed by atoms with Crippen molar-refractivity contribution in [3.63, 3.8) is 0 Å². The van der Waals surface area contributed by atoms with E-state index in [-0.39, 0.29) is 23.3 Å². The Bertz CT molecular complexity index is 722. The summed E-state index contributed by atoms with van der Waals surface area (Å²) in [6, 6.07) is 6.17. The molecule has 3 N–H and O–H groups in total.